The van der Waals surface area contributed by atoms with Crippen LogP contribution in [0.25, 0.3) is 0 Å². The molecule has 4 heteroatoms. The first-order chi connectivity index (χ1) is 6.50. The van der Waals surface area contributed by atoms with Gasteiger partial charge in [-0.25, -0.2) is 13.2 Å². The third kappa shape index (κ3) is 2.73. The molecule has 1 unspecified atom stereocenters. The van der Waals surface area contributed by atoms with E-state index in [1.54, 1.807) is 0 Å². The monoisotopic (exact) mass is 204 g/mol. The maximum absolute atomic E-state index is 13.0. The molecule has 0 radical (unpaired) electrons. The quantitative estimate of drug-likeness (QED) is 0.801. The third-order valence-electron chi connectivity index (χ3n) is 1.92. The highest BCUT2D eigenvalue weighted by molar-refractivity contribution is 5.20. The number of halogens is 3. The smallest absolute Gasteiger partial charge is 0.132 e. The van der Waals surface area contributed by atoms with E-state index in [2.05, 4.69) is 0 Å². The summed E-state index contributed by atoms with van der Waals surface area (Å²) in [7, 11) is 0. The molecule has 0 aliphatic heterocycles. The van der Waals surface area contributed by atoms with E-state index in [0.29, 0.717) is 12.1 Å². The van der Waals surface area contributed by atoms with Crippen LogP contribution in [-0.2, 0) is 6.42 Å². The Kier molecular flexibility index (Phi) is 3.52. The first kappa shape index (κ1) is 11.0. The lowest BCUT2D eigenvalue weighted by Crippen LogP contribution is -2.05. The Balaban J connectivity index is 2.86. The summed E-state index contributed by atoms with van der Waals surface area (Å²) in [5.41, 5.74) is -0.174. The Bertz CT molecular complexity index is 300. The maximum Gasteiger partial charge on any atom is 0.132 e. The van der Waals surface area contributed by atoms with E-state index in [-0.39, 0.29) is 18.4 Å². The van der Waals surface area contributed by atoms with Crippen LogP contribution in [-0.4, -0.2) is 11.2 Å². The predicted molar refractivity (Wildman–Crippen MR) is 46.3 cm³/mol. The SMILES string of the molecule is CC(O)CCc1c(F)cc(F)cc1F. The van der Waals surface area contributed by atoms with Gasteiger partial charge in [0.25, 0.3) is 0 Å². The Morgan fingerprint density at radius 1 is 1.21 bits per heavy atom. The highest BCUT2D eigenvalue weighted by Crippen LogP contribution is 2.16. The summed E-state index contributed by atoms with van der Waals surface area (Å²) in [6.45, 7) is 1.53. The van der Waals surface area contributed by atoms with Crippen LogP contribution in [0, 0.1) is 17.5 Å². The lowest BCUT2D eigenvalue weighted by Gasteiger charge is -2.06. The van der Waals surface area contributed by atoms with Crippen molar-refractivity contribution >= 4 is 0 Å². The number of aliphatic hydroxyl groups is 1. The van der Waals surface area contributed by atoms with Gasteiger partial charge in [0.05, 0.1) is 6.10 Å². The minimum absolute atomic E-state index is 0.0651. The fraction of sp³-hybridized carbons (Fsp3) is 0.400. The molecule has 0 amide bonds. The second kappa shape index (κ2) is 4.46. The van der Waals surface area contributed by atoms with Crippen molar-refractivity contribution in [3.05, 3.63) is 35.1 Å². The van der Waals surface area contributed by atoms with Gasteiger partial charge in [0, 0.05) is 17.7 Å². The van der Waals surface area contributed by atoms with Crippen LogP contribution in [0.2, 0.25) is 0 Å². The van der Waals surface area contributed by atoms with Crippen molar-refractivity contribution in [1.82, 2.24) is 0 Å². The fourth-order valence-corrected chi connectivity index (χ4v) is 1.16. The lowest BCUT2D eigenvalue weighted by atomic mass is 10.1. The molecule has 1 N–H and O–H groups in total. The van der Waals surface area contributed by atoms with Gasteiger partial charge in [-0.3, -0.25) is 0 Å². The average Bonchev–Trinajstić information content (AvgIpc) is 2.01. The summed E-state index contributed by atoms with van der Waals surface area (Å²) < 4.78 is 38.5. The molecule has 0 spiro atoms. The summed E-state index contributed by atoms with van der Waals surface area (Å²) >= 11 is 0. The molecule has 0 aliphatic rings. The zero-order valence-corrected chi connectivity index (χ0v) is 7.73. The largest absolute Gasteiger partial charge is 0.393 e. The molecule has 0 aromatic heterocycles. The van der Waals surface area contributed by atoms with E-state index in [0.717, 1.165) is 0 Å². The van der Waals surface area contributed by atoms with Crippen LogP contribution in [0.1, 0.15) is 18.9 Å². The van der Waals surface area contributed by atoms with Crippen LogP contribution < -0.4 is 0 Å². The summed E-state index contributed by atoms with van der Waals surface area (Å²) in [4.78, 5) is 0. The van der Waals surface area contributed by atoms with Gasteiger partial charge in [-0.05, 0) is 19.8 Å². The van der Waals surface area contributed by atoms with Crippen LogP contribution in [0.4, 0.5) is 13.2 Å². The number of hydrogen-bond donors (Lipinski definition) is 1. The van der Waals surface area contributed by atoms with Gasteiger partial charge in [-0.2, -0.15) is 0 Å². The van der Waals surface area contributed by atoms with Crippen molar-refractivity contribution < 1.29 is 18.3 Å². The zero-order valence-electron chi connectivity index (χ0n) is 7.73. The van der Waals surface area contributed by atoms with Crippen molar-refractivity contribution in [1.29, 1.82) is 0 Å². The summed E-state index contributed by atoms with van der Waals surface area (Å²) in [5, 5.41) is 8.93. The molecule has 0 fully saturated rings. The molecule has 78 valence electrons. The standard InChI is InChI=1S/C10H11F3O/c1-6(14)2-3-8-9(12)4-7(11)5-10(8)13/h4-6,14H,2-3H2,1H3. The van der Waals surface area contributed by atoms with Gasteiger partial charge in [0.1, 0.15) is 17.5 Å². The van der Waals surface area contributed by atoms with Crippen LogP contribution in [0.3, 0.4) is 0 Å². The Hall–Kier alpha value is -1.03. The van der Waals surface area contributed by atoms with Crippen LogP contribution in [0.5, 0.6) is 0 Å². The highest BCUT2D eigenvalue weighted by atomic mass is 19.1. The molecular weight excluding hydrogens is 193 g/mol. The Morgan fingerprint density at radius 2 is 1.71 bits per heavy atom. The van der Waals surface area contributed by atoms with Gasteiger partial charge < -0.3 is 5.11 Å². The van der Waals surface area contributed by atoms with Gasteiger partial charge in [-0.15, -0.1) is 0 Å². The number of rotatable bonds is 3. The second-order valence-electron chi connectivity index (χ2n) is 3.24. The van der Waals surface area contributed by atoms with E-state index >= 15 is 0 Å². The summed E-state index contributed by atoms with van der Waals surface area (Å²) in [6.07, 6.45) is -0.311. The predicted octanol–water partition coefficient (Wildman–Crippen LogP) is 2.42. The molecule has 14 heavy (non-hydrogen) atoms. The molecule has 1 atom stereocenters. The van der Waals surface area contributed by atoms with E-state index < -0.39 is 23.6 Å². The third-order valence-corrected chi connectivity index (χ3v) is 1.92. The maximum atomic E-state index is 13.0. The van der Waals surface area contributed by atoms with Crippen molar-refractivity contribution in [3.8, 4) is 0 Å². The first-order valence-corrected chi connectivity index (χ1v) is 4.32. The molecule has 1 aromatic carbocycles. The molecule has 0 bridgehead atoms. The molecule has 0 aliphatic carbocycles. The van der Waals surface area contributed by atoms with E-state index in [4.69, 9.17) is 5.11 Å². The Morgan fingerprint density at radius 3 is 2.14 bits per heavy atom. The molecule has 0 heterocycles. The van der Waals surface area contributed by atoms with Crippen molar-refractivity contribution in [2.75, 3.05) is 0 Å². The van der Waals surface area contributed by atoms with E-state index in [1.165, 1.54) is 6.92 Å². The summed E-state index contributed by atoms with van der Waals surface area (Å²) in [6, 6.07) is 1.28. The normalized spacial score (nSPS) is 12.9. The minimum Gasteiger partial charge on any atom is -0.393 e. The average molecular weight is 204 g/mol. The topological polar surface area (TPSA) is 20.2 Å². The zero-order chi connectivity index (χ0) is 10.7. The molecular formula is C10H11F3O. The van der Waals surface area contributed by atoms with Gasteiger partial charge >= 0.3 is 0 Å². The second-order valence-corrected chi connectivity index (χ2v) is 3.24. The molecule has 0 saturated heterocycles. The molecule has 1 aromatic rings. The Labute approximate surface area is 80.2 Å². The molecule has 1 nitrogen and oxygen atoms in total. The van der Waals surface area contributed by atoms with Gasteiger partial charge in [0.2, 0.25) is 0 Å². The van der Waals surface area contributed by atoms with Gasteiger partial charge in [-0.1, -0.05) is 0 Å². The van der Waals surface area contributed by atoms with E-state index in [1.807, 2.05) is 0 Å². The highest BCUT2D eigenvalue weighted by Gasteiger charge is 2.11. The summed E-state index contributed by atoms with van der Waals surface area (Å²) in [5.74, 6) is -2.73. The lowest BCUT2D eigenvalue weighted by molar-refractivity contribution is 0.184. The molecule has 1 rings (SSSR count). The van der Waals surface area contributed by atoms with Crippen molar-refractivity contribution in [3.63, 3.8) is 0 Å². The van der Waals surface area contributed by atoms with Crippen molar-refractivity contribution in [2.24, 2.45) is 0 Å². The number of hydrogen-bond acceptors (Lipinski definition) is 1. The van der Waals surface area contributed by atoms with Crippen molar-refractivity contribution in [2.45, 2.75) is 25.9 Å². The van der Waals surface area contributed by atoms with E-state index in [9.17, 15) is 13.2 Å². The molecule has 0 saturated carbocycles. The minimum atomic E-state index is -0.930. The van der Waals surface area contributed by atoms with Gasteiger partial charge in [0.15, 0.2) is 0 Å². The first-order valence-electron chi connectivity index (χ1n) is 4.32. The number of aliphatic hydroxyl groups excluding tert-OH is 1. The number of benzene rings is 1. The fourth-order valence-electron chi connectivity index (χ4n) is 1.16. The van der Waals surface area contributed by atoms with Crippen LogP contribution in [0.15, 0.2) is 12.1 Å². The van der Waals surface area contributed by atoms with Crippen LogP contribution >= 0.6 is 0 Å².